The van der Waals surface area contributed by atoms with Crippen LogP contribution in [0.5, 0.6) is 0 Å². The van der Waals surface area contributed by atoms with E-state index >= 15 is 0 Å². The van der Waals surface area contributed by atoms with Gasteiger partial charge in [-0.15, -0.1) is 0 Å². The molecule has 3 rings (SSSR count). The molecule has 1 atom stereocenters. The van der Waals surface area contributed by atoms with E-state index in [-0.39, 0.29) is 11.2 Å². The lowest BCUT2D eigenvalue weighted by Gasteiger charge is -2.32. The standard InChI is InChI=1S/C16H27BN4O2S/c1-15(2)16(3,4)23-17(22-15)12-9-19-14(20-10-12)24-13-5-7-21(11-13)8-6-18/h9-10,13H,5-8,11,18H2,1-4H3. The van der Waals surface area contributed by atoms with Gasteiger partial charge in [0.1, 0.15) is 0 Å². The first-order valence-electron chi connectivity index (χ1n) is 8.57. The summed E-state index contributed by atoms with van der Waals surface area (Å²) in [7, 11) is -0.402. The number of nitrogens with zero attached hydrogens (tertiary/aromatic N) is 3. The van der Waals surface area contributed by atoms with Gasteiger partial charge >= 0.3 is 7.12 Å². The first kappa shape index (κ1) is 18.1. The first-order chi connectivity index (χ1) is 11.3. The Labute approximate surface area is 149 Å². The quantitative estimate of drug-likeness (QED) is 0.625. The molecule has 2 fully saturated rings. The monoisotopic (exact) mass is 350 g/mol. The highest BCUT2D eigenvalue weighted by Crippen LogP contribution is 2.36. The van der Waals surface area contributed by atoms with Crippen LogP contribution >= 0.6 is 11.8 Å². The molecule has 24 heavy (non-hydrogen) atoms. The second kappa shape index (κ2) is 6.92. The van der Waals surface area contributed by atoms with Crippen molar-refractivity contribution in [2.24, 2.45) is 5.73 Å². The normalized spacial score (nSPS) is 26.2. The summed E-state index contributed by atoms with van der Waals surface area (Å²) in [5.74, 6) is 0. The maximum atomic E-state index is 6.04. The minimum absolute atomic E-state index is 0.346. The van der Waals surface area contributed by atoms with Crippen LogP contribution in [0.25, 0.3) is 0 Å². The molecule has 0 amide bonds. The van der Waals surface area contributed by atoms with Crippen molar-refractivity contribution in [3.8, 4) is 0 Å². The number of hydrogen-bond acceptors (Lipinski definition) is 7. The summed E-state index contributed by atoms with van der Waals surface area (Å²) in [5.41, 5.74) is 5.80. The third-order valence-electron chi connectivity index (χ3n) is 5.12. The zero-order chi connectivity index (χ0) is 17.4. The van der Waals surface area contributed by atoms with E-state index in [0.717, 1.165) is 43.2 Å². The van der Waals surface area contributed by atoms with Crippen LogP contribution in [0.1, 0.15) is 34.1 Å². The highest BCUT2D eigenvalue weighted by atomic mass is 32.2. The van der Waals surface area contributed by atoms with E-state index in [9.17, 15) is 0 Å². The molecule has 2 aliphatic rings. The van der Waals surface area contributed by atoms with Gasteiger partial charge in [-0.2, -0.15) is 0 Å². The van der Waals surface area contributed by atoms with Gasteiger partial charge in [0, 0.05) is 42.7 Å². The summed E-state index contributed by atoms with van der Waals surface area (Å²) in [6.45, 7) is 12.0. The van der Waals surface area contributed by atoms with Gasteiger partial charge in [-0.25, -0.2) is 9.97 Å². The summed E-state index contributed by atoms with van der Waals surface area (Å²) in [6.07, 6.45) is 4.81. The maximum absolute atomic E-state index is 6.04. The van der Waals surface area contributed by atoms with Gasteiger partial charge in [0.25, 0.3) is 0 Å². The van der Waals surface area contributed by atoms with Gasteiger partial charge in [-0.1, -0.05) is 11.8 Å². The molecule has 1 aromatic heterocycles. The molecule has 0 radical (unpaired) electrons. The smallest absolute Gasteiger partial charge is 0.399 e. The van der Waals surface area contributed by atoms with Gasteiger partial charge in [-0.05, 0) is 40.7 Å². The summed E-state index contributed by atoms with van der Waals surface area (Å²) >= 11 is 1.75. The lowest BCUT2D eigenvalue weighted by atomic mass is 9.81. The van der Waals surface area contributed by atoms with Crippen LogP contribution in [0, 0.1) is 0 Å². The summed E-state index contributed by atoms with van der Waals surface area (Å²) in [4.78, 5) is 11.4. The van der Waals surface area contributed by atoms with Crippen LogP contribution in [0.4, 0.5) is 0 Å². The molecule has 8 heteroatoms. The molecule has 0 bridgehead atoms. The van der Waals surface area contributed by atoms with Crippen molar-refractivity contribution >= 4 is 24.3 Å². The number of rotatable bonds is 5. The van der Waals surface area contributed by atoms with Crippen molar-refractivity contribution in [1.82, 2.24) is 14.9 Å². The minimum Gasteiger partial charge on any atom is -0.399 e. The Morgan fingerprint density at radius 3 is 2.46 bits per heavy atom. The number of likely N-dealkylation sites (tertiary alicyclic amines) is 1. The van der Waals surface area contributed by atoms with Crippen molar-refractivity contribution in [3.05, 3.63) is 12.4 Å². The number of hydrogen-bond donors (Lipinski definition) is 1. The molecule has 1 unspecified atom stereocenters. The van der Waals surface area contributed by atoms with Crippen molar-refractivity contribution < 1.29 is 9.31 Å². The predicted octanol–water partition coefficient (Wildman–Crippen LogP) is 0.901. The van der Waals surface area contributed by atoms with Crippen LogP contribution in [0.15, 0.2) is 17.6 Å². The topological polar surface area (TPSA) is 73.5 Å². The molecule has 0 spiro atoms. The Bertz CT molecular complexity index is 554. The third kappa shape index (κ3) is 3.78. The largest absolute Gasteiger partial charge is 0.498 e. The van der Waals surface area contributed by atoms with Gasteiger partial charge in [-0.3, -0.25) is 0 Å². The molecule has 2 aliphatic heterocycles. The SMILES string of the molecule is CC1(C)OB(c2cnc(SC3CCN(CCN)C3)nc2)OC1(C)C. The first-order valence-corrected chi connectivity index (χ1v) is 9.45. The van der Waals surface area contributed by atoms with Gasteiger partial charge in [0.15, 0.2) is 5.16 Å². The van der Waals surface area contributed by atoms with Crippen LogP contribution in [0.3, 0.4) is 0 Å². The second-order valence-electron chi connectivity index (χ2n) is 7.51. The zero-order valence-electron chi connectivity index (χ0n) is 15.0. The lowest BCUT2D eigenvalue weighted by molar-refractivity contribution is 0.00578. The van der Waals surface area contributed by atoms with Crippen LogP contribution < -0.4 is 11.2 Å². The van der Waals surface area contributed by atoms with E-state index in [1.165, 1.54) is 0 Å². The number of thioether (sulfide) groups is 1. The second-order valence-corrected chi connectivity index (χ2v) is 8.77. The summed E-state index contributed by atoms with van der Waals surface area (Å²) in [6, 6.07) is 0. The van der Waals surface area contributed by atoms with Crippen LogP contribution in [0.2, 0.25) is 0 Å². The molecular formula is C16H27BN4O2S. The Morgan fingerprint density at radius 1 is 1.25 bits per heavy atom. The molecule has 2 saturated heterocycles. The van der Waals surface area contributed by atoms with E-state index in [4.69, 9.17) is 15.0 Å². The molecule has 3 heterocycles. The number of nitrogens with two attached hydrogens (primary N) is 1. The fourth-order valence-electron chi connectivity index (χ4n) is 2.92. The van der Waals surface area contributed by atoms with Gasteiger partial charge in [0.05, 0.1) is 11.2 Å². The maximum Gasteiger partial charge on any atom is 0.498 e. The zero-order valence-corrected chi connectivity index (χ0v) is 15.8. The summed E-state index contributed by atoms with van der Waals surface area (Å²) < 4.78 is 12.1. The molecule has 2 N–H and O–H groups in total. The number of aromatic nitrogens is 2. The van der Waals surface area contributed by atoms with Crippen molar-refractivity contribution in [2.45, 2.75) is 55.7 Å². The van der Waals surface area contributed by atoms with Crippen LogP contribution in [-0.2, 0) is 9.31 Å². The fourth-order valence-corrected chi connectivity index (χ4v) is 3.95. The van der Waals surface area contributed by atoms with E-state index < -0.39 is 7.12 Å². The molecular weight excluding hydrogens is 323 g/mol. The Balaban J connectivity index is 1.59. The van der Waals surface area contributed by atoms with Crippen molar-refractivity contribution in [1.29, 1.82) is 0 Å². The fraction of sp³-hybridized carbons (Fsp3) is 0.750. The van der Waals surface area contributed by atoms with Gasteiger partial charge < -0.3 is 19.9 Å². The molecule has 1 aromatic rings. The van der Waals surface area contributed by atoms with E-state index in [0.29, 0.717) is 5.25 Å². The van der Waals surface area contributed by atoms with E-state index in [1.807, 2.05) is 40.1 Å². The van der Waals surface area contributed by atoms with E-state index in [1.54, 1.807) is 11.8 Å². The van der Waals surface area contributed by atoms with Crippen molar-refractivity contribution in [2.75, 3.05) is 26.2 Å². The van der Waals surface area contributed by atoms with Crippen molar-refractivity contribution in [3.63, 3.8) is 0 Å². The lowest BCUT2D eigenvalue weighted by Crippen LogP contribution is -2.41. The Hall–Kier alpha value is -0.665. The Kier molecular flexibility index (Phi) is 5.23. The minimum atomic E-state index is -0.402. The average molecular weight is 350 g/mol. The van der Waals surface area contributed by atoms with Crippen LogP contribution in [-0.4, -0.2) is 64.6 Å². The van der Waals surface area contributed by atoms with E-state index in [2.05, 4.69) is 14.9 Å². The molecule has 6 nitrogen and oxygen atoms in total. The predicted molar refractivity (Wildman–Crippen MR) is 97.5 cm³/mol. The third-order valence-corrected chi connectivity index (χ3v) is 6.26. The molecule has 0 aliphatic carbocycles. The highest BCUT2D eigenvalue weighted by molar-refractivity contribution is 7.99. The average Bonchev–Trinajstić information content (AvgIpc) is 3.02. The molecule has 0 aromatic carbocycles. The summed E-state index contributed by atoms with van der Waals surface area (Å²) in [5, 5.41) is 1.36. The Morgan fingerprint density at radius 2 is 1.88 bits per heavy atom. The highest BCUT2D eigenvalue weighted by Gasteiger charge is 2.51. The molecule has 132 valence electrons. The van der Waals surface area contributed by atoms with Gasteiger partial charge in [0.2, 0.25) is 0 Å². The molecule has 0 saturated carbocycles.